The molecule has 1 N–H and O–H groups in total. The number of benzene rings is 2. The van der Waals surface area contributed by atoms with Crippen LogP contribution in [0.1, 0.15) is 24.1 Å². The second-order valence-corrected chi connectivity index (χ2v) is 6.34. The third-order valence-electron chi connectivity index (χ3n) is 4.13. The normalized spacial score (nSPS) is 10.6. The van der Waals surface area contributed by atoms with Crippen LogP contribution in [-0.4, -0.2) is 18.1 Å². The Labute approximate surface area is 163 Å². The molecule has 1 heterocycles. The molecule has 2 aromatic carbocycles. The predicted octanol–water partition coefficient (Wildman–Crippen LogP) is 4.50. The number of hydrogen-bond donors (Lipinski definition) is 1. The van der Waals surface area contributed by atoms with Gasteiger partial charge in [0.2, 0.25) is 5.89 Å². The van der Waals surface area contributed by atoms with E-state index in [4.69, 9.17) is 14.4 Å². The van der Waals surface area contributed by atoms with Gasteiger partial charge in [0.15, 0.2) is 0 Å². The fourth-order valence-electron chi connectivity index (χ4n) is 2.68. The van der Waals surface area contributed by atoms with Crippen molar-refractivity contribution < 1.29 is 13.5 Å². The molecule has 0 saturated carbocycles. The number of ether oxygens (including phenoxy) is 1. The summed E-state index contributed by atoms with van der Waals surface area (Å²) in [6.07, 6.45) is 3.61. The van der Waals surface area contributed by atoms with Crippen molar-refractivity contribution in [3.63, 3.8) is 0 Å². The summed E-state index contributed by atoms with van der Waals surface area (Å²) in [5.74, 6) is 1.03. The van der Waals surface area contributed by atoms with E-state index in [0.717, 1.165) is 48.5 Å². The maximum absolute atomic E-state index is 13.0. The molecule has 6 heteroatoms. The molecule has 0 aliphatic rings. The van der Waals surface area contributed by atoms with E-state index < -0.39 is 0 Å². The van der Waals surface area contributed by atoms with Crippen molar-refractivity contribution in [2.75, 3.05) is 13.2 Å². The van der Waals surface area contributed by atoms with E-state index in [1.165, 1.54) is 12.1 Å². The maximum atomic E-state index is 13.0. The zero-order valence-electron chi connectivity index (χ0n) is 15.5. The van der Waals surface area contributed by atoms with E-state index in [1.807, 2.05) is 24.3 Å². The van der Waals surface area contributed by atoms with Crippen molar-refractivity contribution in [2.45, 2.75) is 25.8 Å². The molecule has 3 rings (SSSR count). The Balaban J connectivity index is 1.42. The van der Waals surface area contributed by atoms with Crippen molar-refractivity contribution in [1.29, 1.82) is 5.26 Å². The monoisotopic (exact) mass is 379 g/mol. The smallest absolute Gasteiger partial charge is 0.226 e. The topological polar surface area (TPSA) is 71.1 Å². The molecule has 0 radical (unpaired) electrons. The number of nitriles is 1. The lowest BCUT2D eigenvalue weighted by Crippen LogP contribution is -2.16. The van der Waals surface area contributed by atoms with Gasteiger partial charge in [0.05, 0.1) is 18.4 Å². The molecule has 144 valence electrons. The van der Waals surface area contributed by atoms with Crippen LogP contribution >= 0.6 is 0 Å². The molecule has 0 spiro atoms. The molecule has 0 bridgehead atoms. The summed E-state index contributed by atoms with van der Waals surface area (Å²) in [5, 5.41) is 11.9. The summed E-state index contributed by atoms with van der Waals surface area (Å²) in [5.41, 5.74) is 2.73. The molecule has 1 aromatic heterocycles. The first kappa shape index (κ1) is 19.6. The van der Waals surface area contributed by atoms with E-state index >= 15 is 0 Å². The van der Waals surface area contributed by atoms with Crippen LogP contribution in [0.2, 0.25) is 0 Å². The summed E-state index contributed by atoms with van der Waals surface area (Å²) in [4.78, 5) is 4.45. The minimum Gasteiger partial charge on any atom is -0.494 e. The van der Waals surface area contributed by atoms with Crippen molar-refractivity contribution in [1.82, 2.24) is 10.3 Å². The largest absolute Gasteiger partial charge is 0.494 e. The molecule has 0 aliphatic carbocycles. The average Bonchev–Trinajstić information content (AvgIpc) is 3.18. The first-order valence-corrected chi connectivity index (χ1v) is 9.24. The molecule has 0 fully saturated rings. The molecular weight excluding hydrogens is 357 g/mol. The van der Waals surface area contributed by atoms with E-state index in [0.29, 0.717) is 18.9 Å². The van der Waals surface area contributed by atoms with Gasteiger partial charge < -0.3 is 14.5 Å². The SMILES string of the molecule is N#CCCCOc1cccc(CNCCc2coc(-c3ccc(F)cc3)n2)c1. The standard InChI is InChI=1S/C22H22FN3O2/c23-19-8-6-18(7-9-19)22-26-20(16-28-22)10-12-25-15-17-4-3-5-21(14-17)27-13-2-1-11-24/h3-9,14,16,25H,1-2,10,12-13,15H2. The average molecular weight is 379 g/mol. The Bertz CT molecular complexity index is 916. The number of unbranched alkanes of at least 4 members (excludes halogenated alkanes) is 1. The van der Waals surface area contributed by atoms with Crippen LogP contribution < -0.4 is 10.1 Å². The van der Waals surface area contributed by atoms with Gasteiger partial charge in [-0.05, 0) is 48.4 Å². The number of nitrogens with zero attached hydrogens (tertiary/aromatic N) is 2. The molecule has 3 aromatic rings. The Morgan fingerprint density at radius 2 is 2.04 bits per heavy atom. The van der Waals surface area contributed by atoms with Crippen molar-refractivity contribution in [2.24, 2.45) is 0 Å². The molecular formula is C22H22FN3O2. The van der Waals surface area contributed by atoms with Crippen LogP contribution in [0, 0.1) is 17.1 Å². The molecule has 0 saturated heterocycles. The van der Waals surface area contributed by atoms with Gasteiger partial charge in [-0.3, -0.25) is 0 Å². The summed E-state index contributed by atoms with van der Waals surface area (Å²) in [6, 6.07) is 16.1. The van der Waals surface area contributed by atoms with Crippen LogP contribution in [0.25, 0.3) is 11.5 Å². The fraction of sp³-hybridized carbons (Fsp3) is 0.273. The van der Waals surface area contributed by atoms with E-state index in [1.54, 1.807) is 18.4 Å². The maximum Gasteiger partial charge on any atom is 0.226 e. The van der Waals surface area contributed by atoms with Gasteiger partial charge in [-0.2, -0.15) is 5.26 Å². The van der Waals surface area contributed by atoms with E-state index in [2.05, 4.69) is 16.4 Å². The number of nitrogens with one attached hydrogen (secondary N) is 1. The highest BCUT2D eigenvalue weighted by atomic mass is 19.1. The van der Waals surface area contributed by atoms with Crippen LogP contribution in [0.5, 0.6) is 5.75 Å². The number of aromatic nitrogens is 1. The number of rotatable bonds is 10. The Hall–Kier alpha value is -3.17. The Kier molecular flexibility index (Phi) is 7.16. The van der Waals surface area contributed by atoms with Crippen LogP contribution in [0.4, 0.5) is 4.39 Å². The third-order valence-corrected chi connectivity index (χ3v) is 4.13. The predicted molar refractivity (Wildman–Crippen MR) is 104 cm³/mol. The lowest BCUT2D eigenvalue weighted by Gasteiger charge is -2.08. The zero-order chi connectivity index (χ0) is 19.6. The molecule has 0 unspecified atom stereocenters. The van der Waals surface area contributed by atoms with Gasteiger partial charge >= 0.3 is 0 Å². The van der Waals surface area contributed by atoms with Crippen molar-refractivity contribution in [3.05, 3.63) is 71.9 Å². The third kappa shape index (κ3) is 5.93. The van der Waals surface area contributed by atoms with Gasteiger partial charge in [0.1, 0.15) is 17.8 Å². The zero-order valence-corrected chi connectivity index (χ0v) is 15.5. The molecule has 0 aliphatic heterocycles. The quantitative estimate of drug-likeness (QED) is 0.525. The first-order valence-electron chi connectivity index (χ1n) is 9.24. The van der Waals surface area contributed by atoms with Gasteiger partial charge in [-0.15, -0.1) is 0 Å². The molecule has 5 nitrogen and oxygen atoms in total. The number of oxazole rings is 1. The van der Waals surface area contributed by atoms with Crippen LogP contribution in [-0.2, 0) is 13.0 Å². The highest BCUT2D eigenvalue weighted by Crippen LogP contribution is 2.19. The second kappa shape index (κ2) is 10.2. The summed E-state index contributed by atoms with van der Waals surface area (Å²) >= 11 is 0. The van der Waals surface area contributed by atoms with Gasteiger partial charge in [-0.25, -0.2) is 9.37 Å². The highest BCUT2D eigenvalue weighted by Gasteiger charge is 2.07. The lowest BCUT2D eigenvalue weighted by atomic mass is 10.2. The van der Waals surface area contributed by atoms with Gasteiger partial charge in [0, 0.05) is 31.5 Å². The van der Waals surface area contributed by atoms with E-state index in [-0.39, 0.29) is 5.82 Å². The summed E-state index contributed by atoms with van der Waals surface area (Å²) < 4.78 is 24.1. The molecule has 28 heavy (non-hydrogen) atoms. The summed E-state index contributed by atoms with van der Waals surface area (Å²) in [7, 11) is 0. The van der Waals surface area contributed by atoms with Gasteiger partial charge in [-0.1, -0.05) is 12.1 Å². The Morgan fingerprint density at radius 3 is 2.86 bits per heavy atom. The number of halogens is 1. The van der Waals surface area contributed by atoms with Gasteiger partial charge in [0.25, 0.3) is 0 Å². The minimum absolute atomic E-state index is 0.281. The first-order chi connectivity index (χ1) is 13.7. The lowest BCUT2D eigenvalue weighted by molar-refractivity contribution is 0.312. The molecule has 0 amide bonds. The Morgan fingerprint density at radius 1 is 1.18 bits per heavy atom. The van der Waals surface area contributed by atoms with Crippen molar-refractivity contribution in [3.8, 4) is 23.3 Å². The van der Waals surface area contributed by atoms with Crippen molar-refractivity contribution >= 4 is 0 Å². The number of hydrogen-bond acceptors (Lipinski definition) is 5. The molecule has 0 atom stereocenters. The van der Waals surface area contributed by atoms with E-state index in [9.17, 15) is 4.39 Å². The van der Waals surface area contributed by atoms with Crippen LogP contribution in [0.3, 0.4) is 0 Å². The highest BCUT2D eigenvalue weighted by molar-refractivity contribution is 5.52. The summed E-state index contributed by atoms with van der Waals surface area (Å²) in [6.45, 7) is 2.02. The second-order valence-electron chi connectivity index (χ2n) is 6.34. The van der Waals surface area contributed by atoms with Crippen LogP contribution in [0.15, 0.2) is 59.2 Å². The fourth-order valence-corrected chi connectivity index (χ4v) is 2.68. The minimum atomic E-state index is -0.281.